The zero-order valence-corrected chi connectivity index (χ0v) is 11.1. The van der Waals surface area contributed by atoms with E-state index in [1.54, 1.807) is 0 Å². The number of rotatable bonds is 10. The van der Waals surface area contributed by atoms with E-state index in [1.165, 1.54) is 6.42 Å². The summed E-state index contributed by atoms with van der Waals surface area (Å²) in [7, 11) is 0. The minimum atomic E-state index is 0.835. The van der Waals surface area contributed by atoms with Crippen molar-refractivity contribution in [3.05, 3.63) is 12.4 Å². The average molecular weight is 239 g/mol. The summed E-state index contributed by atoms with van der Waals surface area (Å²) in [4.78, 5) is 4.29. The predicted octanol–water partition coefficient (Wildman–Crippen LogP) is 2.91. The second kappa shape index (κ2) is 9.05. The maximum Gasteiger partial charge on any atom is 0.202 e. The van der Waals surface area contributed by atoms with Crippen LogP contribution < -0.4 is 5.32 Å². The first-order valence-electron chi connectivity index (χ1n) is 6.71. The van der Waals surface area contributed by atoms with Crippen LogP contribution in [-0.2, 0) is 11.3 Å². The molecule has 0 fully saturated rings. The summed E-state index contributed by atoms with van der Waals surface area (Å²) in [6, 6.07) is 0. The van der Waals surface area contributed by atoms with Gasteiger partial charge in [0.05, 0.1) is 0 Å². The minimum absolute atomic E-state index is 0.835. The van der Waals surface area contributed by atoms with Gasteiger partial charge >= 0.3 is 0 Å². The molecule has 0 amide bonds. The molecule has 0 atom stereocenters. The molecule has 1 heterocycles. The molecule has 0 aliphatic rings. The molecule has 0 unspecified atom stereocenters. The normalized spacial score (nSPS) is 10.7. The number of imidazole rings is 1. The Morgan fingerprint density at radius 1 is 1.24 bits per heavy atom. The molecule has 0 spiro atoms. The van der Waals surface area contributed by atoms with Gasteiger partial charge in [-0.1, -0.05) is 20.3 Å². The number of aryl methyl sites for hydroxylation is 1. The first-order chi connectivity index (χ1) is 8.38. The monoisotopic (exact) mass is 239 g/mol. The predicted molar refractivity (Wildman–Crippen MR) is 71.4 cm³/mol. The van der Waals surface area contributed by atoms with Crippen molar-refractivity contribution >= 4 is 5.95 Å². The van der Waals surface area contributed by atoms with Gasteiger partial charge < -0.3 is 14.6 Å². The lowest BCUT2D eigenvalue weighted by Gasteiger charge is -2.08. The van der Waals surface area contributed by atoms with Gasteiger partial charge in [-0.05, 0) is 19.3 Å². The highest BCUT2D eigenvalue weighted by atomic mass is 16.5. The summed E-state index contributed by atoms with van der Waals surface area (Å²) in [5, 5.41) is 3.34. The number of hydrogen-bond donors (Lipinski definition) is 1. The van der Waals surface area contributed by atoms with Gasteiger partial charge in [0.1, 0.15) is 0 Å². The maximum absolute atomic E-state index is 5.50. The second-order valence-corrected chi connectivity index (χ2v) is 4.19. The number of aromatic nitrogens is 2. The summed E-state index contributed by atoms with van der Waals surface area (Å²) in [6.07, 6.45) is 8.38. The fourth-order valence-corrected chi connectivity index (χ4v) is 1.62. The first-order valence-corrected chi connectivity index (χ1v) is 6.71. The number of anilines is 1. The Kier molecular flexibility index (Phi) is 7.47. The lowest BCUT2D eigenvalue weighted by Crippen LogP contribution is -2.10. The van der Waals surface area contributed by atoms with E-state index in [0.29, 0.717) is 0 Å². The lowest BCUT2D eigenvalue weighted by molar-refractivity contribution is 0.131. The molecule has 4 heteroatoms. The van der Waals surface area contributed by atoms with Crippen LogP contribution in [0.3, 0.4) is 0 Å². The molecular formula is C13H25N3O. The molecule has 0 aliphatic heterocycles. The van der Waals surface area contributed by atoms with Crippen molar-refractivity contribution in [2.45, 2.75) is 46.1 Å². The summed E-state index contributed by atoms with van der Waals surface area (Å²) in [6.45, 7) is 8.02. The number of ether oxygens (including phenoxy) is 1. The molecule has 0 saturated carbocycles. The van der Waals surface area contributed by atoms with Crippen LogP contribution in [0.1, 0.15) is 39.5 Å². The van der Waals surface area contributed by atoms with Crippen molar-refractivity contribution in [1.82, 2.24) is 9.55 Å². The molecule has 1 aromatic rings. The second-order valence-electron chi connectivity index (χ2n) is 4.19. The van der Waals surface area contributed by atoms with Gasteiger partial charge in [0, 0.05) is 38.7 Å². The number of hydrogen-bond acceptors (Lipinski definition) is 3. The number of nitrogens with one attached hydrogen (secondary N) is 1. The number of nitrogens with zero attached hydrogens (tertiary/aromatic N) is 2. The Morgan fingerprint density at radius 2 is 2.06 bits per heavy atom. The van der Waals surface area contributed by atoms with Gasteiger partial charge in [-0.15, -0.1) is 0 Å². The summed E-state index contributed by atoms with van der Waals surface area (Å²) >= 11 is 0. The molecular weight excluding hydrogens is 214 g/mol. The summed E-state index contributed by atoms with van der Waals surface area (Å²) in [5.41, 5.74) is 0. The largest absolute Gasteiger partial charge is 0.381 e. The third kappa shape index (κ3) is 5.73. The van der Waals surface area contributed by atoms with Crippen LogP contribution in [0.25, 0.3) is 0 Å². The molecule has 0 aliphatic carbocycles. The van der Waals surface area contributed by atoms with E-state index < -0.39 is 0 Å². The molecule has 1 N–H and O–H groups in total. The van der Waals surface area contributed by atoms with E-state index in [0.717, 1.165) is 51.5 Å². The maximum atomic E-state index is 5.50. The lowest BCUT2D eigenvalue weighted by atomic mass is 10.4. The van der Waals surface area contributed by atoms with E-state index in [1.807, 2.05) is 12.4 Å². The molecule has 0 radical (unpaired) electrons. The molecule has 0 bridgehead atoms. The molecule has 0 saturated heterocycles. The van der Waals surface area contributed by atoms with E-state index in [4.69, 9.17) is 4.74 Å². The van der Waals surface area contributed by atoms with Crippen molar-refractivity contribution in [2.75, 3.05) is 25.1 Å². The Morgan fingerprint density at radius 3 is 2.82 bits per heavy atom. The zero-order valence-electron chi connectivity index (χ0n) is 11.1. The minimum Gasteiger partial charge on any atom is -0.381 e. The van der Waals surface area contributed by atoms with Gasteiger partial charge in [0.25, 0.3) is 0 Å². The Balaban J connectivity index is 2.07. The van der Waals surface area contributed by atoms with E-state index in [-0.39, 0.29) is 0 Å². The van der Waals surface area contributed by atoms with Crippen LogP contribution in [0, 0.1) is 0 Å². The highest BCUT2D eigenvalue weighted by Gasteiger charge is 1.99. The van der Waals surface area contributed by atoms with Crippen molar-refractivity contribution in [1.29, 1.82) is 0 Å². The highest BCUT2D eigenvalue weighted by molar-refractivity contribution is 5.25. The number of unbranched alkanes of at least 4 members (excludes halogenated alkanes) is 1. The zero-order chi connectivity index (χ0) is 12.3. The van der Waals surface area contributed by atoms with E-state index >= 15 is 0 Å². The molecule has 4 nitrogen and oxygen atoms in total. The van der Waals surface area contributed by atoms with Crippen molar-refractivity contribution in [3.8, 4) is 0 Å². The van der Waals surface area contributed by atoms with Gasteiger partial charge in [-0.2, -0.15) is 0 Å². The molecule has 1 aromatic heterocycles. The van der Waals surface area contributed by atoms with Crippen LogP contribution >= 0.6 is 0 Å². The van der Waals surface area contributed by atoms with Crippen LogP contribution in [0.4, 0.5) is 5.95 Å². The summed E-state index contributed by atoms with van der Waals surface area (Å²) in [5.74, 6) is 0.973. The Labute approximate surface area is 104 Å². The van der Waals surface area contributed by atoms with Crippen LogP contribution in [0.15, 0.2) is 12.4 Å². The standard InChI is InChI=1S/C13H25N3O/c1-3-5-11-17-12-6-7-14-13-15-8-10-16(13)9-4-2/h8,10H,3-7,9,11-12H2,1-2H3,(H,14,15). The van der Waals surface area contributed by atoms with E-state index in [2.05, 4.69) is 28.7 Å². The quantitative estimate of drug-likeness (QED) is 0.638. The van der Waals surface area contributed by atoms with Crippen LogP contribution in [0.2, 0.25) is 0 Å². The molecule has 98 valence electrons. The SMILES string of the molecule is CCCCOCCCNc1nccn1CCC. The van der Waals surface area contributed by atoms with Gasteiger partial charge in [0.2, 0.25) is 5.95 Å². The Hall–Kier alpha value is -1.03. The topological polar surface area (TPSA) is 39.1 Å². The first kappa shape index (κ1) is 14.0. The van der Waals surface area contributed by atoms with Crippen molar-refractivity contribution in [2.24, 2.45) is 0 Å². The highest BCUT2D eigenvalue weighted by Crippen LogP contribution is 2.05. The third-order valence-electron chi connectivity index (χ3n) is 2.57. The molecule has 1 rings (SSSR count). The average Bonchev–Trinajstić information content (AvgIpc) is 2.76. The fraction of sp³-hybridized carbons (Fsp3) is 0.769. The molecule has 0 aromatic carbocycles. The summed E-state index contributed by atoms with van der Waals surface area (Å²) < 4.78 is 7.65. The van der Waals surface area contributed by atoms with E-state index in [9.17, 15) is 0 Å². The van der Waals surface area contributed by atoms with Crippen LogP contribution in [0.5, 0.6) is 0 Å². The third-order valence-corrected chi connectivity index (χ3v) is 2.57. The van der Waals surface area contributed by atoms with Gasteiger partial charge in [0.15, 0.2) is 0 Å². The molecule has 17 heavy (non-hydrogen) atoms. The van der Waals surface area contributed by atoms with Gasteiger partial charge in [-0.25, -0.2) is 4.98 Å². The fourth-order valence-electron chi connectivity index (χ4n) is 1.62. The van der Waals surface area contributed by atoms with Gasteiger partial charge in [-0.3, -0.25) is 0 Å². The van der Waals surface area contributed by atoms with Crippen molar-refractivity contribution < 1.29 is 4.74 Å². The van der Waals surface area contributed by atoms with Crippen LogP contribution in [-0.4, -0.2) is 29.3 Å². The van der Waals surface area contributed by atoms with Crippen molar-refractivity contribution in [3.63, 3.8) is 0 Å². The Bertz CT molecular complexity index is 286. The smallest absolute Gasteiger partial charge is 0.202 e.